The average Bonchev–Trinajstić information content (AvgIpc) is 3.66. The maximum Gasteiger partial charge on any atom is 0.309 e. The van der Waals surface area contributed by atoms with E-state index in [1.165, 1.54) is 16.7 Å². The molecule has 1 fully saturated rings. The van der Waals surface area contributed by atoms with Crippen molar-refractivity contribution in [2.75, 3.05) is 33.6 Å². The van der Waals surface area contributed by atoms with Crippen LogP contribution in [0.25, 0.3) is 0 Å². The second-order valence-electron chi connectivity index (χ2n) is 11.5. The number of carbonyl (C=O) groups excluding carboxylic acids is 1. The highest BCUT2D eigenvalue weighted by atomic mass is 16.7. The van der Waals surface area contributed by atoms with Crippen molar-refractivity contribution in [3.8, 4) is 23.0 Å². The third kappa shape index (κ3) is 6.55. The van der Waals surface area contributed by atoms with Crippen LogP contribution in [0.15, 0.2) is 54.6 Å². The number of aryl methyl sites for hydroxylation is 2. The zero-order chi connectivity index (χ0) is 31.2. The van der Waals surface area contributed by atoms with E-state index >= 15 is 0 Å². The van der Waals surface area contributed by atoms with Gasteiger partial charge in [0.05, 0.1) is 26.2 Å². The molecule has 3 atom stereocenters. The molecule has 0 saturated carbocycles. The number of likely N-dealkylation sites (tertiary alicyclic amines) is 1. The summed E-state index contributed by atoms with van der Waals surface area (Å²) in [5.74, 6) is 0.286. The quantitative estimate of drug-likeness (QED) is 0.228. The molecule has 1 saturated heterocycles. The van der Waals surface area contributed by atoms with Gasteiger partial charge in [-0.05, 0) is 84.7 Å². The zero-order valence-corrected chi connectivity index (χ0v) is 26.1. The first-order chi connectivity index (χ1) is 21.4. The molecule has 1 N–H and O–H groups in total. The third-order valence-electron chi connectivity index (χ3n) is 8.92. The molecule has 2 aliphatic heterocycles. The lowest BCUT2D eigenvalue weighted by molar-refractivity contribution is -0.143. The molecule has 0 bridgehead atoms. The van der Waals surface area contributed by atoms with Crippen LogP contribution in [0.5, 0.6) is 23.0 Å². The molecule has 0 amide bonds. The normalized spacial score (nSPS) is 19.2. The van der Waals surface area contributed by atoms with Crippen molar-refractivity contribution in [2.24, 2.45) is 5.92 Å². The molecule has 8 nitrogen and oxygen atoms in total. The summed E-state index contributed by atoms with van der Waals surface area (Å²) in [4.78, 5) is 28.5. The van der Waals surface area contributed by atoms with E-state index in [0.717, 1.165) is 42.6 Å². The largest absolute Gasteiger partial charge is 0.494 e. The standard InChI is InChI=1S/C36H43NO7/c1-5-23-10-8-11-24(6-2)29(23)13-9-12-27(38)20-37-21-30(26-18-31(41-4)35-32(19-26)43-22-44-35)33(36(39)40)34(37)25-14-16-28(17-15-25)42-7-3/h8,10-11,14-19,30,33-34H,5-7,9,12-13,20-22H2,1-4H3,(H,39,40)/t30-,33-,34+/m1/s1. The van der Waals surface area contributed by atoms with Crippen molar-refractivity contribution in [1.82, 2.24) is 4.90 Å². The molecule has 3 aromatic rings. The van der Waals surface area contributed by atoms with Crippen LogP contribution in [0.4, 0.5) is 0 Å². The molecule has 0 aromatic heterocycles. The van der Waals surface area contributed by atoms with Crippen LogP contribution >= 0.6 is 0 Å². The van der Waals surface area contributed by atoms with Gasteiger partial charge in [-0.3, -0.25) is 14.5 Å². The summed E-state index contributed by atoms with van der Waals surface area (Å²) in [6.07, 6.45) is 4.00. The number of Topliss-reactive ketones (excluding diaryl/α,β-unsaturated/α-hetero) is 1. The second-order valence-corrected chi connectivity index (χ2v) is 11.5. The number of aliphatic carboxylic acids is 1. The number of nitrogens with zero attached hydrogens (tertiary/aromatic N) is 1. The van der Waals surface area contributed by atoms with E-state index in [1.54, 1.807) is 7.11 Å². The van der Waals surface area contributed by atoms with E-state index in [1.807, 2.05) is 48.2 Å². The molecule has 234 valence electrons. The molecule has 0 aliphatic carbocycles. The molecular formula is C36H43NO7. The number of ketones is 1. The van der Waals surface area contributed by atoms with Gasteiger partial charge in [-0.15, -0.1) is 0 Å². The fourth-order valence-corrected chi connectivity index (χ4v) is 6.86. The SMILES string of the molecule is CCOc1ccc([C@H]2[C@H](C(=O)O)[C@@H](c3cc(OC)c4c(c3)OCO4)CN2CC(=O)CCCc2c(CC)cccc2CC)cc1. The number of carboxylic acid groups (broad SMARTS) is 1. The van der Waals surface area contributed by atoms with Gasteiger partial charge in [0.2, 0.25) is 12.5 Å². The van der Waals surface area contributed by atoms with Crippen molar-refractivity contribution >= 4 is 11.8 Å². The van der Waals surface area contributed by atoms with Gasteiger partial charge in [0, 0.05) is 24.9 Å². The Morgan fingerprint density at radius 2 is 1.70 bits per heavy atom. The number of hydrogen-bond acceptors (Lipinski definition) is 7. The van der Waals surface area contributed by atoms with Gasteiger partial charge < -0.3 is 24.1 Å². The molecule has 0 unspecified atom stereocenters. The fraction of sp³-hybridized carbons (Fsp3) is 0.444. The molecule has 2 aliphatic rings. The number of benzene rings is 3. The summed E-state index contributed by atoms with van der Waals surface area (Å²) in [6, 6.07) is 17.2. The Kier molecular flexibility index (Phi) is 10.1. The number of carboxylic acids is 1. The van der Waals surface area contributed by atoms with Crippen molar-refractivity contribution in [3.63, 3.8) is 0 Å². The molecule has 3 aromatic carbocycles. The van der Waals surface area contributed by atoms with Gasteiger partial charge in [-0.25, -0.2) is 0 Å². The number of ether oxygens (including phenoxy) is 4. The Bertz CT molecular complexity index is 1450. The Morgan fingerprint density at radius 3 is 2.34 bits per heavy atom. The van der Waals surface area contributed by atoms with Crippen molar-refractivity contribution in [2.45, 2.75) is 64.8 Å². The van der Waals surface area contributed by atoms with Gasteiger partial charge in [0.1, 0.15) is 11.5 Å². The predicted molar refractivity (Wildman–Crippen MR) is 168 cm³/mol. The van der Waals surface area contributed by atoms with E-state index in [9.17, 15) is 14.7 Å². The monoisotopic (exact) mass is 601 g/mol. The van der Waals surface area contributed by atoms with Gasteiger partial charge >= 0.3 is 5.97 Å². The van der Waals surface area contributed by atoms with Gasteiger partial charge in [-0.2, -0.15) is 0 Å². The summed E-state index contributed by atoms with van der Waals surface area (Å²) in [5, 5.41) is 10.6. The summed E-state index contributed by atoms with van der Waals surface area (Å²) in [5.41, 5.74) is 5.68. The predicted octanol–water partition coefficient (Wildman–Crippen LogP) is 6.38. The minimum Gasteiger partial charge on any atom is -0.494 e. The van der Waals surface area contributed by atoms with Crippen molar-refractivity contribution in [1.29, 1.82) is 0 Å². The van der Waals surface area contributed by atoms with E-state index in [4.69, 9.17) is 18.9 Å². The molecule has 44 heavy (non-hydrogen) atoms. The van der Waals surface area contributed by atoms with Crippen LogP contribution in [0, 0.1) is 5.92 Å². The summed E-state index contributed by atoms with van der Waals surface area (Å²) >= 11 is 0. The maximum absolute atomic E-state index is 13.5. The topological polar surface area (TPSA) is 94.5 Å². The van der Waals surface area contributed by atoms with Crippen LogP contribution in [0.2, 0.25) is 0 Å². The first-order valence-electron chi connectivity index (χ1n) is 15.7. The first-order valence-corrected chi connectivity index (χ1v) is 15.7. The van der Waals surface area contributed by atoms with Gasteiger partial charge in [0.25, 0.3) is 0 Å². The number of methoxy groups -OCH3 is 1. The smallest absolute Gasteiger partial charge is 0.309 e. The van der Waals surface area contributed by atoms with Crippen molar-refractivity contribution < 1.29 is 33.6 Å². The van der Waals surface area contributed by atoms with Gasteiger partial charge in [-0.1, -0.05) is 44.2 Å². The summed E-state index contributed by atoms with van der Waals surface area (Å²) in [6.45, 7) is 7.47. The maximum atomic E-state index is 13.5. The highest BCUT2D eigenvalue weighted by molar-refractivity contribution is 5.81. The van der Waals surface area contributed by atoms with Crippen LogP contribution in [0.1, 0.15) is 73.4 Å². The molecule has 8 heteroatoms. The Hall–Kier alpha value is -4.04. The van der Waals surface area contributed by atoms with E-state index in [-0.39, 0.29) is 19.1 Å². The first kappa shape index (κ1) is 31.4. The molecule has 5 rings (SSSR count). The third-order valence-corrected chi connectivity index (χ3v) is 8.92. The summed E-state index contributed by atoms with van der Waals surface area (Å²) < 4.78 is 22.4. The van der Waals surface area contributed by atoms with Gasteiger partial charge in [0.15, 0.2) is 11.5 Å². The van der Waals surface area contributed by atoms with E-state index < -0.39 is 23.8 Å². The molecule has 2 heterocycles. The Morgan fingerprint density at radius 1 is 0.977 bits per heavy atom. The molecule has 0 radical (unpaired) electrons. The van der Waals surface area contributed by atoms with Crippen molar-refractivity contribution in [3.05, 3.63) is 82.4 Å². The molecular weight excluding hydrogens is 558 g/mol. The van der Waals surface area contributed by atoms with Crippen LogP contribution in [-0.2, 0) is 28.9 Å². The van der Waals surface area contributed by atoms with Crippen LogP contribution < -0.4 is 18.9 Å². The number of hydrogen-bond donors (Lipinski definition) is 1. The number of carbonyl (C=O) groups is 2. The van der Waals surface area contributed by atoms with E-state index in [0.29, 0.717) is 36.8 Å². The minimum absolute atomic E-state index is 0.0834. The van der Waals surface area contributed by atoms with E-state index in [2.05, 4.69) is 32.0 Å². The number of fused-ring (bicyclic) bond motifs is 1. The average molecular weight is 602 g/mol. The number of rotatable bonds is 14. The Labute approximate surface area is 259 Å². The fourth-order valence-electron chi connectivity index (χ4n) is 6.86. The Balaban J connectivity index is 1.41. The summed E-state index contributed by atoms with van der Waals surface area (Å²) in [7, 11) is 1.56. The lowest BCUT2D eigenvalue weighted by Gasteiger charge is -2.27. The van der Waals surface area contributed by atoms with Crippen LogP contribution in [-0.4, -0.2) is 55.4 Å². The lowest BCUT2D eigenvalue weighted by Crippen LogP contribution is -2.32. The van der Waals surface area contributed by atoms with Crippen LogP contribution in [0.3, 0.4) is 0 Å². The highest BCUT2D eigenvalue weighted by Gasteiger charge is 2.48. The zero-order valence-electron chi connectivity index (χ0n) is 26.1. The molecule has 0 spiro atoms. The highest BCUT2D eigenvalue weighted by Crippen LogP contribution is 2.50. The second kappa shape index (κ2) is 14.2. The lowest BCUT2D eigenvalue weighted by atomic mass is 9.82. The minimum atomic E-state index is -0.913.